The van der Waals surface area contributed by atoms with E-state index >= 15 is 0 Å². The summed E-state index contributed by atoms with van der Waals surface area (Å²) in [6.07, 6.45) is 2.48. The molecule has 21 heavy (non-hydrogen) atoms. The summed E-state index contributed by atoms with van der Waals surface area (Å²) >= 11 is 12.6. The van der Waals surface area contributed by atoms with Crippen LogP contribution < -0.4 is 10.1 Å². The Labute approximate surface area is 144 Å². The van der Waals surface area contributed by atoms with Gasteiger partial charge in [-0.1, -0.05) is 34.7 Å². The first-order valence-electron chi connectivity index (χ1n) is 6.51. The van der Waals surface area contributed by atoms with Crippen molar-refractivity contribution < 1.29 is 4.74 Å². The molecular weight excluding hydrogens is 394 g/mol. The molecule has 0 spiro atoms. The first kappa shape index (κ1) is 15.4. The van der Waals surface area contributed by atoms with Gasteiger partial charge in [-0.2, -0.15) is 0 Å². The van der Waals surface area contributed by atoms with Crippen molar-refractivity contribution in [3.63, 3.8) is 0 Å². The highest BCUT2D eigenvalue weighted by molar-refractivity contribution is 9.10. The number of nitrogens with one attached hydrogen (secondary N) is 1. The van der Waals surface area contributed by atoms with Gasteiger partial charge in [-0.15, -0.1) is 10.2 Å². The third-order valence-electron chi connectivity index (χ3n) is 2.77. The molecule has 0 bridgehead atoms. The van der Waals surface area contributed by atoms with E-state index in [0.29, 0.717) is 17.7 Å². The average Bonchev–Trinajstić information content (AvgIpc) is 3.15. The van der Waals surface area contributed by atoms with E-state index in [1.165, 1.54) is 12.8 Å². The summed E-state index contributed by atoms with van der Waals surface area (Å²) in [5.74, 6) is 1.63. The molecule has 1 aliphatic carbocycles. The molecule has 2 aromatic rings. The van der Waals surface area contributed by atoms with Crippen molar-refractivity contribution in [1.29, 1.82) is 0 Å². The van der Waals surface area contributed by atoms with Crippen LogP contribution in [0, 0.1) is 0 Å². The first-order valence-corrected chi connectivity index (χ1v) is 9.49. The maximum Gasteiger partial charge on any atom is 0.206 e. The molecule has 0 radical (unpaired) electrons. The van der Waals surface area contributed by atoms with Crippen molar-refractivity contribution in [2.45, 2.75) is 23.2 Å². The minimum atomic E-state index is 0.607. The molecule has 3 rings (SSSR count). The molecule has 0 amide bonds. The van der Waals surface area contributed by atoms with E-state index in [-0.39, 0.29) is 0 Å². The van der Waals surface area contributed by atoms with Crippen molar-refractivity contribution >= 4 is 55.8 Å². The Morgan fingerprint density at radius 2 is 2.29 bits per heavy atom. The highest BCUT2D eigenvalue weighted by Crippen LogP contribution is 2.31. The van der Waals surface area contributed by atoms with Crippen molar-refractivity contribution in [2.75, 3.05) is 17.7 Å². The van der Waals surface area contributed by atoms with Crippen molar-refractivity contribution in [1.82, 2.24) is 10.2 Å². The van der Waals surface area contributed by atoms with E-state index in [1.807, 2.05) is 18.2 Å². The Morgan fingerprint density at radius 1 is 1.43 bits per heavy atom. The van der Waals surface area contributed by atoms with E-state index in [9.17, 15) is 0 Å². The van der Waals surface area contributed by atoms with Gasteiger partial charge in [0.1, 0.15) is 5.75 Å². The van der Waals surface area contributed by atoms with E-state index in [0.717, 1.165) is 25.4 Å². The monoisotopic (exact) mass is 405 g/mol. The number of nitrogens with zero attached hydrogens (tertiary/aromatic N) is 2. The van der Waals surface area contributed by atoms with E-state index in [1.54, 1.807) is 23.1 Å². The SMILES string of the molecule is Clc1ccc(OCCSc2nnc(NC3CC3)s2)c(Br)c1. The van der Waals surface area contributed by atoms with Crippen molar-refractivity contribution in [2.24, 2.45) is 0 Å². The van der Waals surface area contributed by atoms with Crippen molar-refractivity contribution in [3.05, 3.63) is 27.7 Å². The third-order valence-corrected chi connectivity index (χ3v) is 5.58. The molecule has 1 saturated carbocycles. The van der Waals surface area contributed by atoms with E-state index in [4.69, 9.17) is 16.3 Å². The molecule has 1 aliphatic rings. The summed E-state index contributed by atoms with van der Waals surface area (Å²) < 4.78 is 7.55. The number of hydrogen-bond acceptors (Lipinski definition) is 6. The molecule has 0 unspecified atom stereocenters. The van der Waals surface area contributed by atoms with Gasteiger partial charge < -0.3 is 10.1 Å². The molecule has 0 atom stereocenters. The van der Waals surface area contributed by atoms with Crippen LogP contribution in [0.4, 0.5) is 5.13 Å². The molecule has 4 nitrogen and oxygen atoms in total. The van der Waals surface area contributed by atoms with Crippen LogP contribution in [0.15, 0.2) is 27.0 Å². The summed E-state index contributed by atoms with van der Waals surface area (Å²) in [6, 6.07) is 6.11. The fourth-order valence-corrected chi connectivity index (χ4v) is 4.12. The van der Waals surface area contributed by atoms with Crippen LogP contribution >= 0.6 is 50.6 Å². The van der Waals surface area contributed by atoms with Gasteiger partial charge >= 0.3 is 0 Å². The largest absolute Gasteiger partial charge is 0.492 e. The van der Waals surface area contributed by atoms with Crippen LogP contribution in [0.5, 0.6) is 5.75 Å². The Morgan fingerprint density at radius 3 is 3.05 bits per heavy atom. The molecule has 1 aromatic carbocycles. The number of benzene rings is 1. The van der Waals surface area contributed by atoms with Crippen LogP contribution in [0.3, 0.4) is 0 Å². The lowest BCUT2D eigenvalue weighted by molar-refractivity contribution is 0.342. The Balaban J connectivity index is 1.42. The molecule has 8 heteroatoms. The number of thioether (sulfide) groups is 1. The number of anilines is 1. The zero-order valence-electron chi connectivity index (χ0n) is 11.0. The maximum atomic E-state index is 5.89. The molecule has 1 N–H and O–H groups in total. The summed E-state index contributed by atoms with van der Waals surface area (Å²) in [5, 5.41) is 13.2. The van der Waals surface area contributed by atoms with Crippen LogP contribution in [-0.2, 0) is 0 Å². The van der Waals surface area contributed by atoms with Gasteiger partial charge in [0.15, 0.2) is 4.34 Å². The van der Waals surface area contributed by atoms with Gasteiger partial charge in [-0.25, -0.2) is 0 Å². The van der Waals surface area contributed by atoms with Gasteiger partial charge in [-0.05, 0) is 47.0 Å². The fraction of sp³-hybridized carbons (Fsp3) is 0.385. The predicted molar refractivity (Wildman–Crippen MR) is 91.9 cm³/mol. The Bertz CT molecular complexity index is 621. The summed E-state index contributed by atoms with van der Waals surface area (Å²) in [4.78, 5) is 0. The summed E-state index contributed by atoms with van der Waals surface area (Å²) in [7, 11) is 0. The van der Waals surface area contributed by atoms with Crippen LogP contribution in [0.25, 0.3) is 0 Å². The Hall–Kier alpha value is -0.500. The molecule has 1 fully saturated rings. The van der Waals surface area contributed by atoms with Gasteiger partial charge in [0.2, 0.25) is 5.13 Å². The number of rotatable bonds is 7. The zero-order valence-corrected chi connectivity index (χ0v) is 15.0. The quantitative estimate of drug-likeness (QED) is 0.533. The molecule has 1 heterocycles. The molecule has 0 saturated heterocycles. The lowest BCUT2D eigenvalue weighted by Gasteiger charge is -2.07. The summed E-state index contributed by atoms with van der Waals surface area (Å²) in [5.41, 5.74) is 0. The minimum absolute atomic E-state index is 0.607. The number of hydrogen-bond donors (Lipinski definition) is 1. The van der Waals surface area contributed by atoms with Gasteiger partial charge in [0, 0.05) is 16.8 Å². The maximum absolute atomic E-state index is 5.89. The van der Waals surface area contributed by atoms with Crippen molar-refractivity contribution in [3.8, 4) is 5.75 Å². The predicted octanol–water partition coefficient (Wildman–Crippen LogP) is 4.70. The lowest BCUT2D eigenvalue weighted by Crippen LogP contribution is -2.00. The second-order valence-electron chi connectivity index (χ2n) is 4.56. The lowest BCUT2D eigenvalue weighted by atomic mass is 10.3. The fourth-order valence-electron chi connectivity index (χ4n) is 1.60. The molecule has 0 aliphatic heterocycles. The molecular formula is C13H13BrClN3OS2. The molecule has 112 valence electrons. The van der Waals surface area contributed by atoms with Gasteiger partial charge in [-0.3, -0.25) is 0 Å². The first-order chi connectivity index (χ1) is 10.2. The van der Waals surface area contributed by atoms with Gasteiger partial charge in [0.05, 0.1) is 11.1 Å². The highest BCUT2D eigenvalue weighted by atomic mass is 79.9. The average molecular weight is 407 g/mol. The van der Waals surface area contributed by atoms with E-state index in [2.05, 4.69) is 31.4 Å². The topological polar surface area (TPSA) is 47.0 Å². The van der Waals surface area contributed by atoms with Gasteiger partial charge in [0.25, 0.3) is 0 Å². The second-order valence-corrected chi connectivity index (χ2v) is 8.17. The number of halogens is 2. The highest BCUT2D eigenvalue weighted by Gasteiger charge is 2.22. The summed E-state index contributed by atoms with van der Waals surface area (Å²) in [6.45, 7) is 0.607. The van der Waals surface area contributed by atoms with E-state index < -0.39 is 0 Å². The number of ether oxygens (including phenoxy) is 1. The van der Waals surface area contributed by atoms with Crippen LogP contribution in [0.1, 0.15) is 12.8 Å². The molecule has 1 aromatic heterocycles. The van der Waals surface area contributed by atoms with Crippen LogP contribution in [-0.4, -0.2) is 28.6 Å². The second kappa shape index (κ2) is 7.17. The number of aromatic nitrogens is 2. The zero-order chi connectivity index (χ0) is 14.7. The smallest absolute Gasteiger partial charge is 0.206 e. The third kappa shape index (κ3) is 4.74. The van der Waals surface area contributed by atoms with Crippen LogP contribution in [0.2, 0.25) is 5.02 Å². The standard InChI is InChI=1S/C13H13BrClN3OS2/c14-10-7-8(15)1-4-11(10)19-5-6-20-13-18-17-12(21-13)16-9-2-3-9/h1,4,7,9H,2-3,5-6H2,(H,16,17). The Kier molecular flexibility index (Phi) is 5.26. The normalized spacial score (nSPS) is 14.2. The minimum Gasteiger partial charge on any atom is -0.492 e.